The molecule has 1 N–H and O–H groups in total. The van der Waals surface area contributed by atoms with Crippen molar-refractivity contribution in [2.24, 2.45) is 0 Å². The maximum atomic E-state index is 12.8. The maximum Gasteiger partial charge on any atom is 0.252 e. The number of Topliss-reactive ketones (excluding diaryl/α,β-unsaturated/α-hetero) is 1. The molecular formula is C18H17NO3. The average molecular weight is 295 g/mol. The van der Waals surface area contributed by atoms with E-state index in [1.165, 1.54) is 4.90 Å². The van der Waals surface area contributed by atoms with Gasteiger partial charge in [0, 0.05) is 18.5 Å². The van der Waals surface area contributed by atoms with Crippen LogP contribution in [0.25, 0.3) is 0 Å². The molecule has 0 aliphatic carbocycles. The van der Waals surface area contributed by atoms with Crippen molar-refractivity contribution in [1.29, 1.82) is 0 Å². The van der Waals surface area contributed by atoms with E-state index >= 15 is 0 Å². The molecule has 3 atom stereocenters. The van der Waals surface area contributed by atoms with Crippen molar-refractivity contribution >= 4 is 11.7 Å². The molecule has 22 heavy (non-hydrogen) atoms. The van der Waals surface area contributed by atoms with Gasteiger partial charge < -0.3 is 10.0 Å². The summed E-state index contributed by atoms with van der Waals surface area (Å²) in [5.41, 5.74) is 1.34. The van der Waals surface area contributed by atoms with Gasteiger partial charge in [-0.2, -0.15) is 0 Å². The third-order valence-electron chi connectivity index (χ3n) is 4.21. The molecular weight excluding hydrogens is 278 g/mol. The monoisotopic (exact) mass is 295 g/mol. The lowest BCUT2D eigenvalue weighted by molar-refractivity contribution is -0.134. The van der Waals surface area contributed by atoms with Crippen molar-refractivity contribution in [3.63, 3.8) is 0 Å². The van der Waals surface area contributed by atoms with Crippen molar-refractivity contribution in [3.05, 3.63) is 71.8 Å². The van der Waals surface area contributed by atoms with Crippen LogP contribution in [0.15, 0.2) is 60.7 Å². The van der Waals surface area contributed by atoms with Gasteiger partial charge >= 0.3 is 0 Å². The van der Waals surface area contributed by atoms with E-state index in [2.05, 4.69) is 0 Å². The van der Waals surface area contributed by atoms with Crippen molar-refractivity contribution in [3.8, 4) is 0 Å². The summed E-state index contributed by atoms with van der Waals surface area (Å²) < 4.78 is 0. The highest BCUT2D eigenvalue weighted by atomic mass is 16.3. The molecule has 0 spiro atoms. The molecule has 1 aliphatic rings. The smallest absolute Gasteiger partial charge is 0.252 e. The minimum Gasteiger partial charge on any atom is -0.383 e. The van der Waals surface area contributed by atoms with Crippen LogP contribution in [0.1, 0.15) is 21.8 Å². The minimum atomic E-state index is -1.19. The van der Waals surface area contributed by atoms with Crippen LogP contribution < -0.4 is 0 Å². The molecule has 1 amide bonds. The molecule has 1 saturated heterocycles. The number of rotatable bonds is 3. The van der Waals surface area contributed by atoms with E-state index in [4.69, 9.17) is 0 Å². The first kappa shape index (κ1) is 14.5. The summed E-state index contributed by atoms with van der Waals surface area (Å²) in [7, 11) is 1.57. The van der Waals surface area contributed by atoms with Gasteiger partial charge in [0.25, 0.3) is 5.91 Å². The summed E-state index contributed by atoms with van der Waals surface area (Å²) in [6, 6.07) is 17.4. The topological polar surface area (TPSA) is 57.6 Å². The van der Waals surface area contributed by atoms with Crippen LogP contribution in [-0.4, -0.2) is 40.9 Å². The summed E-state index contributed by atoms with van der Waals surface area (Å²) in [4.78, 5) is 26.3. The molecule has 0 aromatic heterocycles. The predicted molar refractivity (Wildman–Crippen MR) is 82.5 cm³/mol. The Morgan fingerprint density at radius 3 is 2.14 bits per heavy atom. The van der Waals surface area contributed by atoms with Gasteiger partial charge in [0.1, 0.15) is 12.1 Å². The zero-order chi connectivity index (χ0) is 15.7. The number of hydrogen-bond acceptors (Lipinski definition) is 3. The van der Waals surface area contributed by atoms with Crippen molar-refractivity contribution in [1.82, 2.24) is 4.90 Å². The predicted octanol–water partition coefficient (Wildman–Crippen LogP) is 1.85. The summed E-state index contributed by atoms with van der Waals surface area (Å²) in [6.45, 7) is 0. The Morgan fingerprint density at radius 1 is 1.00 bits per heavy atom. The number of aliphatic hydroxyl groups is 1. The standard InChI is InChI=1S/C18H17NO3/c1-19-15(16(20)13-10-6-3-7-11-13)14(17(21)18(19)22)12-8-4-2-5-9-12/h2-11,14-15,17,21H,1H3/t14?,15-,17?/m1/s1. The number of likely N-dealkylation sites (tertiary alicyclic amines) is 1. The minimum absolute atomic E-state index is 0.151. The second-order valence-corrected chi connectivity index (χ2v) is 5.51. The highest BCUT2D eigenvalue weighted by Crippen LogP contribution is 2.35. The fourth-order valence-corrected chi connectivity index (χ4v) is 3.06. The van der Waals surface area contributed by atoms with E-state index in [9.17, 15) is 14.7 Å². The Kier molecular flexibility index (Phi) is 3.77. The van der Waals surface area contributed by atoms with E-state index in [-0.39, 0.29) is 5.78 Å². The van der Waals surface area contributed by atoms with E-state index in [1.54, 1.807) is 31.3 Å². The fraction of sp³-hybridized carbons (Fsp3) is 0.222. The van der Waals surface area contributed by atoms with E-state index < -0.39 is 24.0 Å². The number of carbonyl (C=O) groups excluding carboxylic acids is 2. The Morgan fingerprint density at radius 2 is 1.55 bits per heavy atom. The van der Waals surface area contributed by atoms with Gasteiger partial charge in [-0.1, -0.05) is 60.7 Å². The number of likely N-dealkylation sites (N-methyl/N-ethyl adjacent to an activating group) is 1. The van der Waals surface area contributed by atoms with Gasteiger partial charge in [0.2, 0.25) is 0 Å². The van der Waals surface area contributed by atoms with Gasteiger partial charge in [-0.05, 0) is 5.56 Å². The van der Waals surface area contributed by atoms with E-state index in [0.29, 0.717) is 5.56 Å². The van der Waals surface area contributed by atoms with Gasteiger partial charge in [0.15, 0.2) is 5.78 Å². The summed E-state index contributed by atoms with van der Waals surface area (Å²) in [6.07, 6.45) is -1.19. The first-order chi connectivity index (χ1) is 10.6. The van der Waals surface area contributed by atoms with Crippen molar-refractivity contribution < 1.29 is 14.7 Å². The van der Waals surface area contributed by atoms with Crippen LogP contribution in [0.4, 0.5) is 0 Å². The molecule has 0 radical (unpaired) electrons. The lowest BCUT2D eigenvalue weighted by Crippen LogP contribution is -2.38. The van der Waals surface area contributed by atoms with Crippen molar-refractivity contribution in [2.75, 3.05) is 7.05 Å². The van der Waals surface area contributed by atoms with Gasteiger partial charge in [-0.25, -0.2) is 0 Å². The van der Waals surface area contributed by atoms with Crippen LogP contribution in [0.2, 0.25) is 0 Å². The molecule has 112 valence electrons. The molecule has 0 bridgehead atoms. The number of amides is 1. The molecule has 0 saturated carbocycles. The average Bonchev–Trinajstić information content (AvgIpc) is 2.80. The quantitative estimate of drug-likeness (QED) is 0.879. The van der Waals surface area contributed by atoms with Crippen LogP contribution >= 0.6 is 0 Å². The normalized spacial score (nSPS) is 24.5. The molecule has 4 nitrogen and oxygen atoms in total. The number of carbonyl (C=O) groups is 2. The van der Waals surface area contributed by atoms with Crippen LogP contribution in [0, 0.1) is 0 Å². The van der Waals surface area contributed by atoms with Gasteiger partial charge in [0.05, 0.1) is 0 Å². The Bertz CT molecular complexity index is 684. The summed E-state index contributed by atoms with van der Waals surface area (Å²) in [5, 5.41) is 10.3. The SMILES string of the molecule is CN1C(=O)C(O)C(c2ccccc2)[C@@H]1C(=O)c1ccccc1. The zero-order valence-corrected chi connectivity index (χ0v) is 12.2. The van der Waals surface area contributed by atoms with Gasteiger partial charge in [-0.3, -0.25) is 9.59 Å². The van der Waals surface area contributed by atoms with Gasteiger partial charge in [-0.15, -0.1) is 0 Å². The van der Waals surface area contributed by atoms with Crippen LogP contribution in [-0.2, 0) is 4.79 Å². The first-order valence-electron chi connectivity index (χ1n) is 7.20. The molecule has 1 heterocycles. The highest BCUT2D eigenvalue weighted by Gasteiger charge is 2.49. The Balaban J connectivity index is 2.03. The van der Waals surface area contributed by atoms with E-state index in [0.717, 1.165) is 5.56 Å². The third kappa shape index (κ3) is 2.31. The maximum absolute atomic E-state index is 12.8. The first-order valence-corrected chi connectivity index (χ1v) is 7.20. The number of benzene rings is 2. The fourth-order valence-electron chi connectivity index (χ4n) is 3.06. The lowest BCUT2D eigenvalue weighted by atomic mass is 9.86. The second kappa shape index (κ2) is 5.73. The number of hydrogen-bond donors (Lipinski definition) is 1. The Hall–Kier alpha value is -2.46. The van der Waals surface area contributed by atoms with Crippen molar-refractivity contribution in [2.45, 2.75) is 18.1 Å². The number of aliphatic hydroxyl groups excluding tert-OH is 1. The molecule has 2 aromatic rings. The molecule has 3 rings (SSSR count). The Labute approximate surface area is 129 Å². The molecule has 2 unspecified atom stereocenters. The third-order valence-corrected chi connectivity index (χ3v) is 4.21. The van der Waals surface area contributed by atoms with Crippen LogP contribution in [0.3, 0.4) is 0 Å². The molecule has 1 aliphatic heterocycles. The second-order valence-electron chi connectivity index (χ2n) is 5.51. The largest absolute Gasteiger partial charge is 0.383 e. The molecule has 1 fully saturated rings. The summed E-state index contributed by atoms with van der Waals surface area (Å²) in [5.74, 6) is -1.11. The van der Waals surface area contributed by atoms with Crippen LogP contribution in [0.5, 0.6) is 0 Å². The lowest BCUT2D eigenvalue weighted by Gasteiger charge is -2.24. The summed E-state index contributed by atoms with van der Waals surface area (Å²) >= 11 is 0. The molecule has 4 heteroatoms. The molecule has 2 aromatic carbocycles. The highest BCUT2D eigenvalue weighted by molar-refractivity contribution is 6.05. The number of nitrogens with zero attached hydrogens (tertiary/aromatic N) is 1. The zero-order valence-electron chi connectivity index (χ0n) is 12.2. The van der Waals surface area contributed by atoms with E-state index in [1.807, 2.05) is 36.4 Å². The number of ketones is 1.